The summed E-state index contributed by atoms with van der Waals surface area (Å²) in [7, 11) is -3.54. The van der Waals surface area contributed by atoms with Crippen LogP contribution in [0.3, 0.4) is 0 Å². The van der Waals surface area contributed by atoms with E-state index in [-0.39, 0.29) is 17.7 Å². The Balaban J connectivity index is 1.60. The summed E-state index contributed by atoms with van der Waals surface area (Å²) >= 11 is 0. The van der Waals surface area contributed by atoms with Crippen molar-refractivity contribution in [2.45, 2.75) is 38.0 Å². The zero-order valence-corrected chi connectivity index (χ0v) is 18.0. The molecule has 0 radical (unpaired) electrons. The Morgan fingerprint density at radius 2 is 1.69 bits per heavy atom. The summed E-state index contributed by atoms with van der Waals surface area (Å²) in [6, 6.07) is 14.5. The van der Waals surface area contributed by atoms with Gasteiger partial charge in [0.15, 0.2) is 9.84 Å². The molecule has 7 heteroatoms. The number of carbonyl (C=O) groups is 1. The Kier molecular flexibility index (Phi) is 5.71. The lowest BCUT2D eigenvalue weighted by atomic mass is 9.87. The van der Waals surface area contributed by atoms with Gasteiger partial charge in [-0.15, -0.1) is 0 Å². The molecule has 2 aromatic carbocycles. The number of hydrogen-bond acceptors (Lipinski definition) is 3. The SMILES string of the molecule is Cc1[nH]c2ccccc2c1S(=O)(=O)CCNC(=O)Nc1ccc(C(C)(C)C)cc1. The molecule has 0 spiro atoms. The maximum atomic E-state index is 12.8. The van der Waals surface area contributed by atoms with Gasteiger partial charge in [-0.05, 0) is 36.1 Å². The summed E-state index contributed by atoms with van der Waals surface area (Å²) in [5.74, 6) is -0.175. The van der Waals surface area contributed by atoms with Crippen molar-refractivity contribution < 1.29 is 13.2 Å². The van der Waals surface area contributed by atoms with E-state index in [0.717, 1.165) is 5.52 Å². The topological polar surface area (TPSA) is 91.1 Å². The molecule has 0 aliphatic heterocycles. The van der Waals surface area contributed by atoms with Gasteiger partial charge in [0.25, 0.3) is 0 Å². The lowest BCUT2D eigenvalue weighted by Crippen LogP contribution is -2.33. The smallest absolute Gasteiger partial charge is 0.319 e. The number of fused-ring (bicyclic) bond motifs is 1. The average molecular weight is 414 g/mol. The molecule has 1 heterocycles. The lowest BCUT2D eigenvalue weighted by molar-refractivity contribution is 0.252. The summed E-state index contributed by atoms with van der Waals surface area (Å²) in [4.78, 5) is 15.5. The van der Waals surface area contributed by atoms with E-state index in [4.69, 9.17) is 0 Å². The van der Waals surface area contributed by atoms with E-state index in [1.807, 2.05) is 42.5 Å². The highest BCUT2D eigenvalue weighted by molar-refractivity contribution is 7.91. The van der Waals surface area contributed by atoms with Crippen molar-refractivity contribution in [2.24, 2.45) is 0 Å². The number of sulfone groups is 1. The fourth-order valence-electron chi connectivity index (χ4n) is 3.28. The molecule has 0 atom stereocenters. The number of aryl methyl sites for hydroxylation is 1. The molecule has 29 heavy (non-hydrogen) atoms. The standard InChI is InChI=1S/C22H27N3O3S/c1-15-20(18-7-5-6-8-19(18)24-15)29(27,28)14-13-23-21(26)25-17-11-9-16(10-12-17)22(2,3)4/h5-12,24H,13-14H2,1-4H3,(H2,23,25,26). The Morgan fingerprint density at radius 1 is 1.03 bits per heavy atom. The van der Waals surface area contributed by atoms with Crippen LogP contribution >= 0.6 is 0 Å². The number of aromatic amines is 1. The highest BCUT2D eigenvalue weighted by Crippen LogP contribution is 2.27. The van der Waals surface area contributed by atoms with Crippen LogP contribution < -0.4 is 10.6 Å². The fraction of sp³-hybridized carbons (Fsp3) is 0.318. The molecule has 0 unspecified atom stereocenters. The molecule has 0 saturated carbocycles. The number of benzene rings is 2. The second-order valence-corrected chi connectivity index (χ2v) is 10.2. The molecule has 0 fully saturated rings. The molecule has 3 aromatic rings. The van der Waals surface area contributed by atoms with Gasteiger partial charge in [0, 0.05) is 28.8 Å². The molecule has 1 aromatic heterocycles. The second kappa shape index (κ2) is 7.91. The van der Waals surface area contributed by atoms with Gasteiger partial charge in [0.1, 0.15) is 0 Å². The van der Waals surface area contributed by atoms with Crippen molar-refractivity contribution in [3.8, 4) is 0 Å². The molecule has 0 saturated heterocycles. The van der Waals surface area contributed by atoms with Gasteiger partial charge in [-0.1, -0.05) is 51.1 Å². The number of nitrogens with one attached hydrogen (secondary N) is 3. The first kappa shape index (κ1) is 20.9. The number of hydrogen-bond donors (Lipinski definition) is 3. The van der Waals surface area contributed by atoms with Crippen LogP contribution in [0.15, 0.2) is 53.4 Å². The molecule has 0 aliphatic carbocycles. The summed E-state index contributed by atoms with van der Waals surface area (Å²) in [5.41, 5.74) is 3.26. The van der Waals surface area contributed by atoms with Crippen molar-refractivity contribution in [1.82, 2.24) is 10.3 Å². The number of urea groups is 1. The van der Waals surface area contributed by atoms with Crippen molar-refractivity contribution in [3.05, 3.63) is 59.8 Å². The minimum atomic E-state index is -3.54. The first-order valence-corrected chi connectivity index (χ1v) is 11.2. The van der Waals surface area contributed by atoms with E-state index in [1.54, 1.807) is 13.0 Å². The monoisotopic (exact) mass is 413 g/mol. The fourth-order valence-corrected chi connectivity index (χ4v) is 4.89. The first-order chi connectivity index (χ1) is 13.6. The molecule has 0 bridgehead atoms. The van der Waals surface area contributed by atoms with E-state index in [9.17, 15) is 13.2 Å². The highest BCUT2D eigenvalue weighted by Gasteiger charge is 2.22. The third kappa shape index (κ3) is 4.79. The van der Waals surface area contributed by atoms with Crippen LogP contribution in [0.2, 0.25) is 0 Å². The van der Waals surface area contributed by atoms with E-state index in [1.165, 1.54) is 5.56 Å². The van der Waals surface area contributed by atoms with Gasteiger partial charge >= 0.3 is 6.03 Å². The number of para-hydroxylation sites is 1. The molecule has 0 aliphatic rings. The largest absolute Gasteiger partial charge is 0.358 e. The predicted molar refractivity (Wildman–Crippen MR) is 117 cm³/mol. The molecule has 2 amide bonds. The molecular formula is C22H27N3O3S. The van der Waals surface area contributed by atoms with Gasteiger partial charge in [0.2, 0.25) is 0 Å². The number of carbonyl (C=O) groups excluding carboxylic acids is 1. The molecule has 3 N–H and O–H groups in total. The molecular weight excluding hydrogens is 386 g/mol. The Hall–Kier alpha value is -2.80. The maximum absolute atomic E-state index is 12.8. The maximum Gasteiger partial charge on any atom is 0.319 e. The summed E-state index contributed by atoms with van der Waals surface area (Å²) < 4.78 is 25.6. The van der Waals surface area contributed by atoms with Crippen LogP contribution in [0.25, 0.3) is 10.9 Å². The van der Waals surface area contributed by atoms with Crippen molar-refractivity contribution in [1.29, 1.82) is 0 Å². The zero-order chi connectivity index (χ0) is 21.2. The van der Waals surface area contributed by atoms with Gasteiger partial charge in [-0.25, -0.2) is 13.2 Å². The van der Waals surface area contributed by atoms with Crippen LogP contribution in [0.1, 0.15) is 32.0 Å². The number of anilines is 1. The highest BCUT2D eigenvalue weighted by atomic mass is 32.2. The van der Waals surface area contributed by atoms with Gasteiger partial charge < -0.3 is 15.6 Å². The molecule has 3 rings (SSSR count). The number of rotatable bonds is 5. The first-order valence-electron chi connectivity index (χ1n) is 9.53. The van der Waals surface area contributed by atoms with E-state index < -0.39 is 15.9 Å². The van der Waals surface area contributed by atoms with Crippen molar-refractivity contribution in [3.63, 3.8) is 0 Å². The zero-order valence-electron chi connectivity index (χ0n) is 17.2. The van der Waals surface area contributed by atoms with Crippen LogP contribution in [0, 0.1) is 6.92 Å². The van der Waals surface area contributed by atoms with Crippen LogP contribution in [0.4, 0.5) is 10.5 Å². The Morgan fingerprint density at radius 3 is 2.34 bits per heavy atom. The second-order valence-electron chi connectivity index (χ2n) is 8.15. The van der Waals surface area contributed by atoms with Crippen molar-refractivity contribution >= 4 is 32.5 Å². The van der Waals surface area contributed by atoms with Crippen molar-refractivity contribution in [2.75, 3.05) is 17.6 Å². The minimum absolute atomic E-state index is 0.0210. The molecule has 6 nitrogen and oxygen atoms in total. The Labute approximate surface area is 171 Å². The van der Waals surface area contributed by atoms with Gasteiger partial charge in [-0.2, -0.15) is 0 Å². The third-order valence-corrected chi connectivity index (χ3v) is 6.70. The predicted octanol–water partition coefficient (Wildman–Crippen LogP) is 4.37. The van der Waals surface area contributed by atoms with Gasteiger partial charge in [-0.3, -0.25) is 0 Å². The van der Waals surface area contributed by atoms with Gasteiger partial charge in [0.05, 0.1) is 10.6 Å². The summed E-state index contributed by atoms with van der Waals surface area (Å²) in [6.45, 7) is 8.13. The summed E-state index contributed by atoms with van der Waals surface area (Å²) in [5, 5.41) is 6.03. The minimum Gasteiger partial charge on any atom is -0.358 e. The quantitative estimate of drug-likeness (QED) is 0.580. The van der Waals surface area contributed by atoms with E-state index in [2.05, 4.69) is 36.4 Å². The number of aromatic nitrogens is 1. The Bertz CT molecular complexity index is 1120. The number of amides is 2. The van der Waals surface area contributed by atoms with E-state index >= 15 is 0 Å². The normalized spacial score (nSPS) is 12.1. The van der Waals surface area contributed by atoms with Crippen LogP contribution in [-0.2, 0) is 15.3 Å². The summed E-state index contributed by atoms with van der Waals surface area (Å²) in [6.07, 6.45) is 0. The van der Waals surface area contributed by atoms with Crippen LogP contribution in [-0.4, -0.2) is 31.7 Å². The van der Waals surface area contributed by atoms with E-state index in [0.29, 0.717) is 21.7 Å². The van der Waals surface area contributed by atoms with Crippen LogP contribution in [0.5, 0.6) is 0 Å². The number of H-pyrrole nitrogens is 1. The average Bonchev–Trinajstić information content (AvgIpc) is 2.97. The molecule has 154 valence electrons. The lowest BCUT2D eigenvalue weighted by Gasteiger charge is -2.19. The third-order valence-electron chi connectivity index (χ3n) is 4.81.